The summed E-state index contributed by atoms with van der Waals surface area (Å²) < 4.78 is 15.6. The standard InChI is InChI=1S/C16H13N3O4S/c1-9-4-14(19-23-9)18-15(20)6-11-7-24-16(17-11)10-2-3-12-13(5-10)22-8-21-12/h2-5,7H,6,8H2,1H3,(H,18,19,20). The van der Waals surface area contributed by atoms with E-state index in [0.29, 0.717) is 23.0 Å². The largest absolute Gasteiger partial charge is 0.454 e. The van der Waals surface area contributed by atoms with E-state index in [0.717, 1.165) is 16.3 Å². The van der Waals surface area contributed by atoms with Crippen molar-refractivity contribution >= 4 is 23.1 Å². The lowest BCUT2D eigenvalue weighted by molar-refractivity contribution is -0.115. The third-order valence-electron chi connectivity index (χ3n) is 3.41. The maximum atomic E-state index is 12.0. The van der Waals surface area contributed by atoms with Crippen molar-refractivity contribution in [3.63, 3.8) is 0 Å². The van der Waals surface area contributed by atoms with Gasteiger partial charge in [0.25, 0.3) is 0 Å². The number of hydrogen-bond donors (Lipinski definition) is 1. The van der Waals surface area contributed by atoms with E-state index in [4.69, 9.17) is 14.0 Å². The Morgan fingerprint density at radius 1 is 1.29 bits per heavy atom. The number of fused-ring (bicyclic) bond motifs is 1. The number of nitrogens with one attached hydrogen (secondary N) is 1. The van der Waals surface area contributed by atoms with Crippen LogP contribution in [0.5, 0.6) is 11.5 Å². The summed E-state index contributed by atoms with van der Waals surface area (Å²) in [6.07, 6.45) is 0.174. The van der Waals surface area contributed by atoms with Gasteiger partial charge in [-0.3, -0.25) is 4.79 Å². The topological polar surface area (TPSA) is 86.5 Å². The molecule has 3 heterocycles. The van der Waals surface area contributed by atoms with E-state index in [1.165, 1.54) is 11.3 Å². The van der Waals surface area contributed by atoms with Crippen molar-refractivity contribution in [3.05, 3.63) is 41.1 Å². The first kappa shape index (κ1) is 14.7. The number of carbonyl (C=O) groups is 1. The van der Waals surface area contributed by atoms with Crippen molar-refractivity contribution in [1.29, 1.82) is 0 Å². The predicted octanol–water partition coefficient (Wildman–Crippen LogP) is 3.02. The molecular weight excluding hydrogens is 330 g/mol. The van der Waals surface area contributed by atoms with Gasteiger partial charge in [-0.25, -0.2) is 4.98 Å². The van der Waals surface area contributed by atoms with E-state index in [2.05, 4.69) is 15.5 Å². The highest BCUT2D eigenvalue weighted by atomic mass is 32.1. The second-order valence-corrected chi connectivity index (χ2v) is 6.12. The van der Waals surface area contributed by atoms with E-state index in [-0.39, 0.29) is 19.1 Å². The van der Waals surface area contributed by atoms with Crippen LogP contribution < -0.4 is 14.8 Å². The smallest absolute Gasteiger partial charge is 0.231 e. The number of anilines is 1. The summed E-state index contributed by atoms with van der Waals surface area (Å²) in [5.74, 6) is 2.31. The van der Waals surface area contributed by atoms with Gasteiger partial charge < -0.3 is 19.3 Å². The van der Waals surface area contributed by atoms with Crippen LogP contribution in [0.2, 0.25) is 0 Å². The van der Waals surface area contributed by atoms with Crippen LogP contribution >= 0.6 is 11.3 Å². The number of aromatic nitrogens is 2. The molecule has 24 heavy (non-hydrogen) atoms. The number of amides is 1. The summed E-state index contributed by atoms with van der Waals surface area (Å²) in [6.45, 7) is 2.00. The summed E-state index contributed by atoms with van der Waals surface area (Å²) in [6, 6.07) is 7.34. The molecule has 3 aromatic rings. The Kier molecular flexibility index (Phi) is 3.66. The summed E-state index contributed by atoms with van der Waals surface area (Å²) in [5, 5.41) is 9.11. The van der Waals surface area contributed by atoms with Crippen molar-refractivity contribution in [3.8, 4) is 22.1 Å². The first-order valence-corrected chi connectivity index (χ1v) is 8.13. The van der Waals surface area contributed by atoms with Crippen molar-refractivity contribution in [1.82, 2.24) is 10.1 Å². The van der Waals surface area contributed by atoms with Crippen LogP contribution in [0.4, 0.5) is 5.82 Å². The molecule has 1 aromatic carbocycles. The first-order valence-electron chi connectivity index (χ1n) is 7.25. The molecule has 0 saturated carbocycles. The van der Waals surface area contributed by atoms with E-state index >= 15 is 0 Å². The summed E-state index contributed by atoms with van der Waals surface area (Å²) in [4.78, 5) is 16.5. The van der Waals surface area contributed by atoms with Gasteiger partial charge in [0.15, 0.2) is 17.3 Å². The SMILES string of the molecule is Cc1cc(NC(=O)Cc2csc(-c3ccc4c(c3)OCO4)n2)no1. The minimum Gasteiger partial charge on any atom is -0.454 e. The first-order chi connectivity index (χ1) is 11.7. The van der Waals surface area contributed by atoms with Crippen LogP contribution in [0.25, 0.3) is 10.6 Å². The molecule has 4 rings (SSSR count). The van der Waals surface area contributed by atoms with Crippen molar-refractivity contribution < 1.29 is 18.8 Å². The van der Waals surface area contributed by atoms with Gasteiger partial charge in [-0.05, 0) is 25.1 Å². The number of rotatable bonds is 4. The second-order valence-electron chi connectivity index (χ2n) is 5.26. The Morgan fingerprint density at radius 3 is 3.00 bits per heavy atom. The summed E-state index contributed by atoms with van der Waals surface area (Å²) in [5.41, 5.74) is 1.63. The number of thiazole rings is 1. The minimum absolute atomic E-state index is 0.174. The molecule has 0 atom stereocenters. The quantitative estimate of drug-likeness (QED) is 0.783. The molecular formula is C16H13N3O4S. The van der Waals surface area contributed by atoms with Crippen LogP contribution in [0, 0.1) is 6.92 Å². The maximum Gasteiger partial charge on any atom is 0.231 e. The molecule has 1 N–H and O–H groups in total. The lowest BCUT2D eigenvalue weighted by Gasteiger charge is -2.00. The highest BCUT2D eigenvalue weighted by Crippen LogP contribution is 2.36. The van der Waals surface area contributed by atoms with Gasteiger partial charge in [0, 0.05) is 17.0 Å². The number of carbonyl (C=O) groups excluding carboxylic acids is 1. The number of hydrogen-bond acceptors (Lipinski definition) is 7. The van der Waals surface area contributed by atoms with Crippen LogP contribution in [0.15, 0.2) is 34.2 Å². The van der Waals surface area contributed by atoms with Crippen LogP contribution in [-0.2, 0) is 11.2 Å². The zero-order chi connectivity index (χ0) is 16.5. The van der Waals surface area contributed by atoms with Crippen LogP contribution in [-0.4, -0.2) is 22.8 Å². The number of nitrogens with zero attached hydrogens (tertiary/aromatic N) is 2. The molecule has 0 radical (unpaired) electrons. The van der Waals surface area contributed by atoms with E-state index < -0.39 is 0 Å². The Balaban J connectivity index is 1.45. The number of ether oxygens (including phenoxy) is 2. The number of benzene rings is 1. The molecule has 1 amide bonds. The Morgan fingerprint density at radius 2 is 2.17 bits per heavy atom. The maximum absolute atomic E-state index is 12.0. The van der Waals surface area contributed by atoms with Gasteiger partial charge >= 0.3 is 0 Å². The molecule has 122 valence electrons. The molecule has 0 unspecified atom stereocenters. The zero-order valence-corrected chi connectivity index (χ0v) is 13.6. The molecule has 0 fully saturated rings. The van der Waals surface area contributed by atoms with Crippen LogP contribution in [0.1, 0.15) is 11.5 Å². The highest BCUT2D eigenvalue weighted by Gasteiger charge is 2.16. The fraction of sp³-hybridized carbons (Fsp3) is 0.188. The molecule has 0 saturated heterocycles. The Bertz CT molecular complexity index is 902. The second kappa shape index (κ2) is 5.97. The Labute approximate surface area is 141 Å². The molecule has 0 aliphatic carbocycles. The number of aryl methyl sites for hydroxylation is 1. The predicted molar refractivity (Wildman–Crippen MR) is 87.2 cm³/mol. The normalized spacial score (nSPS) is 12.4. The fourth-order valence-corrected chi connectivity index (χ4v) is 3.14. The summed E-state index contributed by atoms with van der Waals surface area (Å²) in [7, 11) is 0. The fourth-order valence-electron chi connectivity index (χ4n) is 2.33. The van der Waals surface area contributed by atoms with Gasteiger partial charge in [0.2, 0.25) is 12.7 Å². The molecule has 2 aromatic heterocycles. The van der Waals surface area contributed by atoms with Gasteiger partial charge in [-0.15, -0.1) is 11.3 Å². The van der Waals surface area contributed by atoms with Crippen molar-refractivity contribution in [2.24, 2.45) is 0 Å². The monoisotopic (exact) mass is 343 g/mol. The summed E-state index contributed by atoms with van der Waals surface area (Å²) >= 11 is 1.48. The lowest BCUT2D eigenvalue weighted by Crippen LogP contribution is -2.14. The third-order valence-corrected chi connectivity index (χ3v) is 4.35. The van der Waals surface area contributed by atoms with Gasteiger partial charge in [-0.2, -0.15) is 0 Å². The van der Waals surface area contributed by atoms with Crippen LogP contribution in [0.3, 0.4) is 0 Å². The van der Waals surface area contributed by atoms with Gasteiger partial charge in [0.1, 0.15) is 10.8 Å². The van der Waals surface area contributed by atoms with E-state index in [1.807, 2.05) is 23.6 Å². The minimum atomic E-state index is -0.189. The van der Waals surface area contributed by atoms with Crippen molar-refractivity contribution in [2.75, 3.05) is 12.1 Å². The molecule has 0 spiro atoms. The average Bonchev–Trinajstić information content (AvgIpc) is 3.27. The van der Waals surface area contributed by atoms with Crippen molar-refractivity contribution in [2.45, 2.75) is 13.3 Å². The Hall–Kier alpha value is -2.87. The highest BCUT2D eigenvalue weighted by molar-refractivity contribution is 7.13. The van der Waals surface area contributed by atoms with Gasteiger partial charge in [0.05, 0.1) is 12.1 Å². The third kappa shape index (κ3) is 2.95. The van der Waals surface area contributed by atoms with E-state index in [1.54, 1.807) is 13.0 Å². The zero-order valence-electron chi connectivity index (χ0n) is 12.7. The molecule has 1 aliphatic rings. The van der Waals surface area contributed by atoms with Gasteiger partial charge in [-0.1, -0.05) is 5.16 Å². The molecule has 7 nitrogen and oxygen atoms in total. The lowest BCUT2D eigenvalue weighted by atomic mass is 10.2. The molecule has 1 aliphatic heterocycles. The molecule has 0 bridgehead atoms. The van der Waals surface area contributed by atoms with E-state index in [9.17, 15) is 4.79 Å². The average molecular weight is 343 g/mol. The molecule has 8 heteroatoms.